The number of anilines is 2. The molecule has 0 saturated carbocycles. The average Bonchev–Trinajstić information content (AvgIpc) is 2.40. The van der Waals surface area contributed by atoms with Crippen molar-refractivity contribution in [2.45, 2.75) is 19.6 Å². The highest BCUT2D eigenvalue weighted by Gasteiger charge is 2.31. The number of nitrogens with zero attached hydrogens (tertiary/aromatic N) is 1. The first-order valence-electron chi connectivity index (χ1n) is 6.45. The van der Waals surface area contributed by atoms with Gasteiger partial charge in [-0.3, -0.25) is 9.69 Å². The van der Waals surface area contributed by atoms with Gasteiger partial charge in [0.2, 0.25) is 5.53 Å². The number of para-hydroxylation sites is 2. The Hall–Kier alpha value is -1.87. The van der Waals surface area contributed by atoms with Gasteiger partial charge in [0.25, 0.3) is 0 Å². The molecular formula is C16H19NOSi. The van der Waals surface area contributed by atoms with E-state index in [1.54, 1.807) is 0 Å². The van der Waals surface area contributed by atoms with Crippen LogP contribution in [0, 0.1) is 0 Å². The summed E-state index contributed by atoms with van der Waals surface area (Å²) in [6.45, 7) is 6.23. The molecule has 0 aromatic heterocycles. The molecule has 0 spiro atoms. The molecule has 0 aliphatic rings. The fraction of sp³-hybridized carbons (Fsp3) is 0.188. The Kier molecular flexibility index (Phi) is 3.86. The van der Waals surface area contributed by atoms with Gasteiger partial charge in [0.15, 0.2) is 8.07 Å². The first-order valence-corrected chi connectivity index (χ1v) is 9.95. The highest BCUT2D eigenvalue weighted by Crippen LogP contribution is 2.28. The minimum Gasteiger partial charge on any atom is -0.286 e. The van der Waals surface area contributed by atoms with Gasteiger partial charge in [-0.05, 0) is 24.3 Å². The van der Waals surface area contributed by atoms with Crippen molar-refractivity contribution in [2.24, 2.45) is 0 Å². The minimum absolute atomic E-state index is 0.227. The van der Waals surface area contributed by atoms with Gasteiger partial charge in [0.1, 0.15) is 0 Å². The Morgan fingerprint density at radius 1 is 0.789 bits per heavy atom. The van der Waals surface area contributed by atoms with Crippen LogP contribution in [0.1, 0.15) is 0 Å². The molecule has 0 saturated heterocycles. The summed E-state index contributed by atoms with van der Waals surface area (Å²) in [6.07, 6.45) is 0. The Bertz CT molecular complexity index is 506. The maximum atomic E-state index is 12.8. The standard InChI is InChI=1S/C16H19NOSi/c1-19(2,3)16(18)17(14-10-6-4-7-11-14)15-12-8-5-9-13-15/h4-13H,1-3H3. The smallest absolute Gasteiger partial charge is 0.202 e. The van der Waals surface area contributed by atoms with Crippen LogP contribution in [0.4, 0.5) is 16.2 Å². The quantitative estimate of drug-likeness (QED) is 0.728. The molecule has 0 atom stereocenters. The summed E-state index contributed by atoms with van der Waals surface area (Å²) in [6, 6.07) is 19.7. The van der Waals surface area contributed by atoms with Crippen LogP contribution in [0.3, 0.4) is 0 Å². The van der Waals surface area contributed by atoms with Gasteiger partial charge in [-0.2, -0.15) is 0 Å². The van der Waals surface area contributed by atoms with E-state index in [9.17, 15) is 4.79 Å². The minimum atomic E-state index is -1.90. The normalized spacial score (nSPS) is 11.1. The van der Waals surface area contributed by atoms with Gasteiger partial charge in [-0.25, -0.2) is 0 Å². The SMILES string of the molecule is C[Si](C)(C)C(=O)N(c1ccccc1)c1ccccc1. The molecule has 1 amide bonds. The Morgan fingerprint density at radius 3 is 1.47 bits per heavy atom. The monoisotopic (exact) mass is 269 g/mol. The van der Waals surface area contributed by atoms with E-state index >= 15 is 0 Å². The van der Waals surface area contributed by atoms with E-state index in [4.69, 9.17) is 0 Å². The van der Waals surface area contributed by atoms with Crippen LogP contribution in [0.5, 0.6) is 0 Å². The second kappa shape index (κ2) is 5.41. The van der Waals surface area contributed by atoms with Crippen molar-refractivity contribution >= 4 is 25.0 Å². The zero-order valence-corrected chi connectivity index (χ0v) is 12.6. The zero-order valence-electron chi connectivity index (χ0n) is 11.6. The molecular weight excluding hydrogens is 250 g/mol. The lowest BCUT2D eigenvalue weighted by molar-refractivity contribution is 0.264. The van der Waals surface area contributed by atoms with Crippen LogP contribution >= 0.6 is 0 Å². The van der Waals surface area contributed by atoms with Gasteiger partial charge in [-0.1, -0.05) is 56.0 Å². The molecule has 19 heavy (non-hydrogen) atoms. The van der Waals surface area contributed by atoms with E-state index < -0.39 is 8.07 Å². The number of carbonyl (C=O) groups excluding carboxylic acids is 1. The van der Waals surface area contributed by atoms with Crippen molar-refractivity contribution < 1.29 is 4.79 Å². The van der Waals surface area contributed by atoms with Crippen LogP contribution in [0.2, 0.25) is 19.6 Å². The highest BCUT2D eigenvalue weighted by molar-refractivity contribution is 7.04. The molecule has 0 N–H and O–H groups in total. The second-order valence-corrected chi connectivity index (χ2v) is 10.5. The van der Waals surface area contributed by atoms with Crippen molar-refractivity contribution in [3.8, 4) is 0 Å². The van der Waals surface area contributed by atoms with Gasteiger partial charge in [0, 0.05) is 11.4 Å². The lowest BCUT2D eigenvalue weighted by Gasteiger charge is -2.28. The molecule has 0 aliphatic heterocycles. The third-order valence-electron chi connectivity index (χ3n) is 2.87. The molecule has 2 nitrogen and oxygen atoms in total. The molecule has 2 rings (SSSR count). The maximum Gasteiger partial charge on any atom is 0.202 e. The van der Waals surface area contributed by atoms with E-state index in [2.05, 4.69) is 19.6 Å². The zero-order chi connectivity index (χ0) is 13.9. The fourth-order valence-electron chi connectivity index (χ4n) is 1.87. The summed E-state index contributed by atoms with van der Waals surface area (Å²) in [7, 11) is -1.90. The predicted molar refractivity (Wildman–Crippen MR) is 83.8 cm³/mol. The van der Waals surface area contributed by atoms with E-state index in [0.29, 0.717) is 0 Å². The third kappa shape index (κ3) is 3.12. The molecule has 0 radical (unpaired) electrons. The Balaban J connectivity index is 2.49. The van der Waals surface area contributed by atoms with Gasteiger partial charge in [-0.15, -0.1) is 0 Å². The predicted octanol–water partition coefficient (Wildman–Crippen LogP) is 4.86. The van der Waals surface area contributed by atoms with E-state index in [0.717, 1.165) is 11.4 Å². The lowest BCUT2D eigenvalue weighted by Crippen LogP contribution is -2.43. The number of carbonyl (C=O) groups is 1. The summed E-state index contributed by atoms with van der Waals surface area (Å²) in [5.74, 6) is 0. The van der Waals surface area contributed by atoms with Gasteiger partial charge < -0.3 is 0 Å². The summed E-state index contributed by atoms with van der Waals surface area (Å²) in [5, 5.41) is 0. The second-order valence-electron chi connectivity index (χ2n) is 5.56. The Morgan fingerprint density at radius 2 is 1.16 bits per heavy atom. The van der Waals surface area contributed by atoms with Crippen LogP contribution in [-0.4, -0.2) is 13.6 Å². The number of amides is 1. The van der Waals surface area contributed by atoms with Crippen LogP contribution < -0.4 is 4.90 Å². The summed E-state index contributed by atoms with van der Waals surface area (Å²) in [4.78, 5) is 14.6. The molecule has 0 aliphatic carbocycles. The summed E-state index contributed by atoms with van der Waals surface area (Å²) >= 11 is 0. The molecule has 0 heterocycles. The van der Waals surface area contributed by atoms with E-state index in [1.165, 1.54) is 0 Å². The topological polar surface area (TPSA) is 20.3 Å². The number of benzene rings is 2. The Labute approximate surface area is 115 Å². The molecule has 2 aromatic rings. The summed E-state index contributed by atoms with van der Waals surface area (Å²) < 4.78 is 0. The van der Waals surface area contributed by atoms with Crippen molar-refractivity contribution in [3.63, 3.8) is 0 Å². The van der Waals surface area contributed by atoms with Crippen LogP contribution in [-0.2, 0) is 0 Å². The summed E-state index contributed by atoms with van der Waals surface area (Å²) in [5.41, 5.74) is 2.09. The van der Waals surface area contributed by atoms with Crippen LogP contribution in [0.15, 0.2) is 60.7 Å². The molecule has 2 aromatic carbocycles. The third-order valence-corrected chi connectivity index (χ3v) is 4.38. The van der Waals surface area contributed by atoms with Gasteiger partial charge in [0.05, 0.1) is 0 Å². The van der Waals surface area contributed by atoms with E-state index in [1.807, 2.05) is 65.6 Å². The lowest BCUT2D eigenvalue weighted by atomic mass is 10.2. The molecule has 0 bridgehead atoms. The first-order chi connectivity index (χ1) is 9.00. The molecule has 0 fully saturated rings. The average molecular weight is 269 g/mol. The van der Waals surface area contributed by atoms with Crippen molar-refractivity contribution in [3.05, 3.63) is 60.7 Å². The number of rotatable bonds is 3. The van der Waals surface area contributed by atoms with Crippen molar-refractivity contribution in [1.29, 1.82) is 0 Å². The molecule has 98 valence electrons. The number of hydrogen-bond donors (Lipinski definition) is 0. The maximum absolute atomic E-state index is 12.8. The van der Waals surface area contributed by atoms with Crippen LogP contribution in [0.25, 0.3) is 0 Å². The molecule has 0 unspecified atom stereocenters. The van der Waals surface area contributed by atoms with E-state index in [-0.39, 0.29) is 5.53 Å². The van der Waals surface area contributed by atoms with Crippen molar-refractivity contribution in [2.75, 3.05) is 4.90 Å². The van der Waals surface area contributed by atoms with Gasteiger partial charge >= 0.3 is 0 Å². The highest BCUT2D eigenvalue weighted by atomic mass is 28.3. The van der Waals surface area contributed by atoms with Crippen molar-refractivity contribution in [1.82, 2.24) is 0 Å². The molecule has 3 heteroatoms. The first kappa shape index (κ1) is 13.6. The largest absolute Gasteiger partial charge is 0.286 e. The fourth-order valence-corrected chi connectivity index (χ4v) is 2.80. The number of hydrogen-bond acceptors (Lipinski definition) is 1.